The van der Waals surface area contributed by atoms with Gasteiger partial charge in [-0.2, -0.15) is 10.1 Å². The van der Waals surface area contributed by atoms with Crippen molar-refractivity contribution in [3.8, 4) is 0 Å². The zero-order valence-electron chi connectivity index (χ0n) is 14.2. The fourth-order valence-electron chi connectivity index (χ4n) is 2.13. The first kappa shape index (κ1) is 17.4. The fraction of sp³-hybridized carbons (Fsp3) is 0.294. The maximum Gasteiger partial charge on any atom is 0.332 e. The molecule has 0 unspecified atom stereocenters. The highest BCUT2D eigenvalue weighted by Gasteiger charge is 2.33. The van der Waals surface area contributed by atoms with Gasteiger partial charge in [0, 0.05) is 14.1 Å². The number of hydrogen-bond acceptors (Lipinski definition) is 6. The van der Waals surface area contributed by atoms with Gasteiger partial charge in [0.05, 0.1) is 18.9 Å². The Hall–Kier alpha value is -2.96. The number of methoxy groups -OCH3 is 1. The van der Waals surface area contributed by atoms with E-state index in [9.17, 15) is 9.59 Å². The van der Waals surface area contributed by atoms with Crippen LogP contribution in [0.25, 0.3) is 0 Å². The molecule has 24 heavy (non-hydrogen) atoms. The topological polar surface area (TPSA) is 74.6 Å². The molecule has 1 aliphatic rings. The summed E-state index contributed by atoms with van der Waals surface area (Å²) in [5.74, 6) is -0.757. The highest BCUT2D eigenvalue weighted by Crippen LogP contribution is 2.18. The number of benzene rings is 1. The molecule has 1 aromatic rings. The molecular weight excluding hydrogens is 308 g/mol. The molecule has 0 saturated carbocycles. The van der Waals surface area contributed by atoms with Gasteiger partial charge in [0.2, 0.25) is 5.96 Å². The van der Waals surface area contributed by atoms with Crippen molar-refractivity contribution in [1.82, 2.24) is 9.91 Å². The molecule has 7 nitrogen and oxygen atoms in total. The van der Waals surface area contributed by atoms with Gasteiger partial charge in [-0.1, -0.05) is 37.3 Å². The second-order valence-corrected chi connectivity index (χ2v) is 5.24. The van der Waals surface area contributed by atoms with Crippen LogP contribution in [0.15, 0.2) is 52.2 Å². The van der Waals surface area contributed by atoms with Gasteiger partial charge in [0.15, 0.2) is 0 Å². The minimum Gasteiger partial charge on any atom is -0.466 e. The Kier molecular flexibility index (Phi) is 5.47. The number of ether oxygens (including phenoxy) is 1. The Morgan fingerprint density at radius 2 is 2.00 bits per heavy atom. The zero-order valence-corrected chi connectivity index (χ0v) is 14.2. The molecule has 0 atom stereocenters. The summed E-state index contributed by atoms with van der Waals surface area (Å²) in [5, 5.41) is 5.68. The number of carbonyl (C=O) groups excluding carboxylic acids is 2. The summed E-state index contributed by atoms with van der Waals surface area (Å²) < 4.78 is 4.56. The standard InChI is InChI=1S/C17H20N4O3/c1-5-13(12-9-7-6-8-10-12)19-21-16(23)14(11-15(22)24-4)18-17(21)20(2)3/h6-11H,5H2,1-4H3/b14-11+,19-13-. The maximum atomic E-state index is 12.6. The number of carbonyl (C=O) groups is 2. The van der Waals surface area contributed by atoms with E-state index < -0.39 is 11.9 Å². The largest absolute Gasteiger partial charge is 0.466 e. The zero-order chi connectivity index (χ0) is 17.7. The number of amides is 1. The van der Waals surface area contributed by atoms with E-state index in [2.05, 4.69) is 14.8 Å². The van der Waals surface area contributed by atoms with E-state index in [1.165, 1.54) is 12.1 Å². The van der Waals surface area contributed by atoms with Crippen molar-refractivity contribution >= 4 is 23.5 Å². The molecule has 0 aromatic heterocycles. The second kappa shape index (κ2) is 7.54. The van der Waals surface area contributed by atoms with Gasteiger partial charge >= 0.3 is 5.97 Å². The minimum absolute atomic E-state index is 0.00202. The summed E-state index contributed by atoms with van der Waals surface area (Å²) >= 11 is 0. The molecule has 0 bridgehead atoms. The molecule has 0 radical (unpaired) electrons. The van der Waals surface area contributed by atoms with Crippen LogP contribution < -0.4 is 0 Å². The molecular formula is C17H20N4O3. The monoisotopic (exact) mass is 328 g/mol. The van der Waals surface area contributed by atoms with E-state index in [0.29, 0.717) is 12.4 Å². The molecule has 0 fully saturated rings. The van der Waals surface area contributed by atoms with Crippen LogP contribution in [0.3, 0.4) is 0 Å². The molecule has 7 heteroatoms. The highest BCUT2D eigenvalue weighted by atomic mass is 16.5. The fourth-order valence-corrected chi connectivity index (χ4v) is 2.13. The van der Waals surface area contributed by atoms with Crippen molar-refractivity contribution < 1.29 is 14.3 Å². The van der Waals surface area contributed by atoms with Gasteiger partial charge in [-0.05, 0) is 12.0 Å². The van der Waals surface area contributed by atoms with E-state index in [4.69, 9.17) is 0 Å². The van der Waals surface area contributed by atoms with Crippen LogP contribution in [0.5, 0.6) is 0 Å². The van der Waals surface area contributed by atoms with Crippen LogP contribution in [0.2, 0.25) is 0 Å². The van der Waals surface area contributed by atoms with Crippen molar-refractivity contribution in [2.45, 2.75) is 13.3 Å². The normalized spacial score (nSPS) is 16.4. The predicted molar refractivity (Wildman–Crippen MR) is 91.3 cm³/mol. The SMILES string of the molecule is CC/C(=N/N1C(=O)/C(=C\C(=O)OC)N=C1N(C)C)c1ccccc1. The third-order valence-electron chi connectivity index (χ3n) is 3.34. The van der Waals surface area contributed by atoms with Crippen molar-refractivity contribution in [2.75, 3.05) is 21.2 Å². The lowest BCUT2D eigenvalue weighted by molar-refractivity contribution is -0.135. The first-order valence-electron chi connectivity index (χ1n) is 7.51. The second-order valence-electron chi connectivity index (χ2n) is 5.24. The molecule has 0 saturated heterocycles. The van der Waals surface area contributed by atoms with Crippen LogP contribution in [0.1, 0.15) is 18.9 Å². The van der Waals surface area contributed by atoms with Crippen LogP contribution in [-0.4, -0.2) is 54.7 Å². The molecule has 1 amide bonds. The summed E-state index contributed by atoms with van der Waals surface area (Å²) in [6.45, 7) is 1.96. The van der Waals surface area contributed by atoms with E-state index in [1.807, 2.05) is 37.3 Å². The summed E-state index contributed by atoms with van der Waals surface area (Å²) in [6.07, 6.45) is 1.71. The van der Waals surface area contributed by atoms with Crippen molar-refractivity contribution in [1.29, 1.82) is 0 Å². The Balaban J connectivity index is 2.43. The smallest absolute Gasteiger partial charge is 0.332 e. The Labute approximate surface area is 140 Å². The number of guanidine groups is 1. The summed E-state index contributed by atoms with van der Waals surface area (Å²) in [7, 11) is 4.75. The quantitative estimate of drug-likeness (QED) is 0.478. The van der Waals surface area contributed by atoms with Gasteiger partial charge in [-0.25, -0.2) is 9.79 Å². The summed E-state index contributed by atoms with van der Waals surface area (Å²) in [5.41, 5.74) is 1.67. The van der Waals surface area contributed by atoms with Gasteiger partial charge in [-0.3, -0.25) is 4.79 Å². The first-order valence-corrected chi connectivity index (χ1v) is 7.51. The number of hydrazone groups is 1. The van der Waals surface area contributed by atoms with E-state index in [-0.39, 0.29) is 5.70 Å². The van der Waals surface area contributed by atoms with Crippen LogP contribution in [0.4, 0.5) is 0 Å². The van der Waals surface area contributed by atoms with Gasteiger partial charge in [0.1, 0.15) is 5.70 Å². The molecule has 2 rings (SSSR count). The Morgan fingerprint density at radius 1 is 1.33 bits per heavy atom. The molecule has 1 aliphatic heterocycles. The maximum absolute atomic E-state index is 12.6. The van der Waals surface area contributed by atoms with E-state index in [0.717, 1.165) is 17.4 Å². The summed E-state index contributed by atoms with van der Waals surface area (Å²) in [4.78, 5) is 29.8. The Morgan fingerprint density at radius 3 is 2.54 bits per heavy atom. The van der Waals surface area contributed by atoms with Gasteiger partial charge in [-0.15, -0.1) is 0 Å². The van der Waals surface area contributed by atoms with Crippen LogP contribution >= 0.6 is 0 Å². The number of nitrogens with zero attached hydrogens (tertiary/aromatic N) is 4. The third kappa shape index (κ3) is 3.68. The van der Waals surface area contributed by atoms with Crippen molar-refractivity contribution in [3.63, 3.8) is 0 Å². The lowest BCUT2D eigenvalue weighted by atomic mass is 10.1. The average Bonchev–Trinajstić information content (AvgIpc) is 2.89. The molecule has 126 valence electrons. The van der Waals surface area contributed by atoms with Crippen LogP contribution in [0, 0.1) is 0 Å². The van der Waals surface area contributed by atoms with Crippen molar-refractivity contribution in [2.24, 2.45) is 10.1 Å². The molecule has 1 aromatic carbocycles. The molecule has 0 spiro atoms. The van der Waals surface area contributed by atoms with Crippen LogP contribution in [-0.2, 0) is 14.3 Å². The number of esters is 1. The van der Waals surface area contributed by atoms with Gasteiger partial charge in [0.25, 0.3) is 5.91 Å². The molecule has 0 aliphatic carbocycles. The highest BCUT2D eigenvalue weighted by molar-refractivity contribution is 6.14. The number of aliphatic imine (C=N–C) groups is 1. The van der Waals surface area contributed by atoms with Gasteiger partial charge < -0.3 is 9.64 Å². The average molecular weight is 328 g/mol. The predicted octanol–water partition coefficient (Wildman–Crippen LogP) is 1.62. The van der Waals surface area contributed by atoms with Crippen molar-refractivity contribution in [3.05, 3.63) is 47.7 Å². The van der Waals surface area contributed by atoms with E-state index >= 15 is 0 Å². The Bertz CT molecular complexity index is 721. The summed E-state index contributed by atoms with van der Waals surface area (Å²) in [6, 6.07) is 9.61. The lowest BCUT2D eigenvalue weighted by Crippen LogP contribution is -2.37. The third-order valence-corrected chi connectivity index (χ3v) is 3.34. The number of hydrogen-bond donors (Lipinski definition) is 0. The molecule has 0 N–H and O–H groups in total. The lowest BCUT2D eigenvalue weighted by Gasteiger charge is -2.19. The van der Waals surface area contributed by atoms with E-state index in [1.54, 1.807) is 19.0 Å². The number of rotatable bonds is 4. The minimum atomic E-state index is -0.634. The first-order chi connectivity index (χ1) is 11.5. The molecule has 1 heterocycles.